The third kappa shape index (κ3) is 8.81. The Morgan fingerprint density at radius 2 is 1.62 bits per heavy atom. The summed E-state index contributed by atoms with van der Waals surface area (Å²) in [7, 11) is -3.86. The predicted molar refractivity (Wildman–Crippen MR) is 160 cm³/mol. The highest BCUT2D eigenvalue weighted by Gasteiger charge is 2.33. The molecule has 208 valence electrons. The molecule has 0 spiro atoms. The maximum Gasteiger partial charge on any atom is 0.244 e. The Kier molecular flexibility index (Phi) is 10.6. The molecule has 3 aromatic carbocycles. The first-order chi connectivity index (χ1) is 18.3. The van der Waals surface area contributed by atoms with E-state index >= 15 is 0 Å². The van der Waals surface area contributed by atoms with Crippen LogP contribution in [0.5, 0.6) is 0 Å². The van der Waals surface area contributed by atoms with Gasteiger partial charge in [0.25, 0.3) is 0 Å². The molecular formula is C29H33BrClN3O4S. The summed E-state index contributed by atoms with van der Waals surface area (Å²) < 4.78 is 27.6. The fraction of sp³-hybridized carbons (Fsp3) is 0.310. The molecule has 0 saturated heterocycles. The standard InChI is InChI=1S/C29H33BrClN3O4S/c1-20(2)32-29(36)27(16-22-8-6-5-7-9-22)33(18-23-11-13-24(30)14-12-23)28(35)19-34(39(4,37)38)25-15-10-21(3)26(31)17-25/h5-15,17,20,27H,16,18-19H2,1-4H3,(H,32,36). The number of rotatable bonds is 11. The fourth-order valence-corrected chi connectivity index (χ4v) is 5.35. The molecule has 3 aromatic rings. The van der Waals surface area contributed by atoms with Gasteiger partial charge in [0.1, 0.15) is 12.6 Å². The normalized spacial score (nSPS) is 12.2. The zero-order valence-electron chi connectivity index (χ0n) is 22.4. The Hall–Kier alpha value is -2.88. The summed E-state index contributed by atoms with van der Waals surface area (Å²) in [5.74, 6) is -0.830. The summed E-state index contributed by atoms with van der Waals surface area (Å²) in [5, 5.41) is 3.32. The number of halogens is 2. The number of carbonyl (C=O) groups excluding carboxylic acids is 2. The van der Waals surface area contributed by atoms with Crippen molar-refractivity contribution in [2.24, 2.45) is 0 Å². The lowest BCUT2D eigenvalue weighted by molar-refractivity contribution is -0.140. The largest absolute Gasteiger partial charge is 0.352 e. The van der Waals surface area contributed by atoms with Crippen LogP contribution in [-0.4, -0.2) is 50.0 Å². The highest BCUT2D eigenvalue weighted by Crippen LogP contribution is 2.26. The van der Waals surface area contributed by atoms with Crippen LogP contribution in [0.3, 0.4) is 0 Å². The van der Waals surface area contributed by atoms with Crippen molar-refractivity contribution in [2.45, 2.75) is 45.8 Å². The molecule has 10 heteroatoms. The Balaban J connectivity index is 2.06. The van der Waals surface area contributed by atoms with Crippen LogP contribution in [0, 0.1) is 6.92 Å². The van der Waals surface area contributed by atoms with E-state index in [0.29, 0.717) is 5.02 Å². The van der Waals surface area contributed by atoms with Crippen molar-refractivity contribution in [3.8, 4) is 0 Å². The molecule has 0 radical (unpaired) electrons. The van der Waals surface area contributed by atoms with Crippen molar-refractivity contribution in [1.29, 1.82) is 0 Å². The molecule has 7 nitrogen and oxygen atoms in total. The molecular weight excluding hydrogens is 602 g/mol. The number of anilines is 1. The van der Waals surface area contributed by atoms with Crippen LogP contribution in [0.15, 0.2) is 77.3 Å². The quantitative estimate of drug-likeness (QED) is 0.309. The third-order valence-electron chi connectivity index (χ3n) is 6.09. The summed E-state index contributed by atoms with van der Waals surface area (Å²) in [6, 6.07) is 20.7. The van der Waals surface area contributed by atoms with E-state index in [1.807, 2.05) is 75.4 Å². The molecule has 0 fully saturated rings. The van der Waals surface area contributed by atoms with Gasteiger partial charge in [-0.1, -0.05) is 76.1 Å². The molecule has 3 rings (SSSR count). The molecule has 39 heavy (non-hydrogen) atoms. The van der Waals surface area contributed by atoms with Crippen LogP contribution in [0.25, 0.3) is 0 Å². The second-order valence-corrected chi connectivity index (χ2v) is 12.9. The molecule has 1 N–H and O–H groups in total. The SMILES string of the molecule is Cc1ccc(N(CC(=O)N(Cc2ccc(Br)cc2)C(Cc2ccccc2)C(=O)NC(C)C)S(C)(=O)=O)cc1Cl. The number of nitrogens with zero attached hydrogens (tertiary/aromatic N) is 2. The van der Waals surface area contributed by atoms with Crippen LogP contribution in [-0.2, 0) is 32.6 Å². The summed E-state index contributed by atoms with van der Waals surface area (Å²) in [4.78, 5) is 29.0. The van der Waals surface area contributed by atoms with Crippen molar-refractivity contribution in [3.05, 3.63) is 99.0 Å². The number of amides is 2. The van der Waals surface area contributed by atoms with Crippen molar-refractivity contribution >= 4 is 55.1 Å². The topological polar surface area (TPSA) is 86.8 Å². The first kappa shape index (κ1) is 30.7. The highest BCUT2D eigenvalue weighted by atomic mass is 79.9. The van der Waals surface area contributed by atoms with E-state index in [0.717, 1.165) is 31.7 Å². The molecule has 0 saturated carbocycles. The Labute approximate surface area is 244 Å². The smallest absolute Gasteiger partial charge is 0.244 e. The Morgan fingerprint density at radius 3 is 2.18 bits per heavy atom. The molecule has 0 bridgehead atoms. The zero-order chi connectivity index (χ0) is 28.7. The average Bonchev–Trinajstić information content (AvgIpc) is 2.87. The number of hydrogen-bond acceptors (Lipinski definition) is 4. The van der Waals surface area contributed by atoms with Crippen molar-refractivity contribution < 1.29 is 18.0 Å². The zero-order valence-corrected chi connectivity index (χ0v) is 25.6. The molecule has 0 aromatic heterocycles. The minimum Gasteiger partial charge on any atom is -0.352 e. The van der Waals surface area contributed by atoms with Crippen molar-refractivity contribution in [2.75, 3.05) is 17.1 Å². The van der Waals surface area contributed by atoms with Crippen molar-refractivity contribution in [3.63, 3.8) is 0 Å². The minimum absolute atomic E-state index is 0.112. The maximum atomic E-state index is 14.0. The minimum atomic E-state index is -3.86. The van der Waals surface area contributed by atoms with Crippen LogP contribution in [0.2, 0.25) is 5.02 Å². The van der Waals surface area contributed by atoms with Crippen LogP contribution >= 0.6 is 27.5 Å². The lowest BCUT2D eigenvalue weighted by Crippen LogP contribution is -2.54. The number of nitrogens with one attached hydrogen (secondary N) is 1. The first-order valence-electron chi connectivity index (χ1n) is 12.5. The summed E-state index contributed by atoms with van der Waals surface area (Å²) >= 11 is 9.71. The van der Waals surface area contributed by atoms with Gasteiger partial charge in [0.15, 0.2) is 0 Å². The van der Waals surface area contributed by atoms with Gasteiger partial charge in [-0.05, 0) is 61.7 Å². The molecule has 0 aliphatic carbocycles. The summed E-state index contributed by atoms with van der Waals surface area (Å²) in [5.41, 5.74) is 2.73. The molecule has 0 aliphatic heterocycles. The number of hydrogen-bond donors (Lipinski definition) is 1. The van der Waals surface area contributed by atoms with Crippen LogP contribution < -0.4 is 9.62 Å². The monoisotopic (exact) mass is 633 g/mol. The van der Waals surface area contributed by atoms with E-state index in [-0.39, 0.29) is 30.6 Å². The van der Waals surface area contributed by atoms with Crippen molar-refractivity contribution in [1.82, 2.24) is 10.2 Å². The Bertz CT molecular complexity index is 1400. The number of carbonyl (C=O) groups is 2. The maximum absolute atomic E-state index is 14.0. The third-order valence-corrected chi connectivity index (χ3v) is 8.17. The van der Waals surface area contributed by atoms with Gasteiger partial charge in [-0.25, -0.2) is 8.42 Å². The highest BCUT2D eigenvalue weighted by molar-refractivity contribution is 9.10. The van der Waals surface area contributed by atoms with Crippen LogP contribution in [0.4, 0.5) is 5.69 Å². The lowest BCUT2D eigenvalue weighted by Gasteiger charge is -2.34. The number of sulfonamides is 1. The van der Waals surface area contributed by atoms with Gasteiger partial charge in [0.05, 0.1) is 11.9 Å². The second-order valence-electron chi connectivity index (χ2n) is 9.72. The van der Waals surface area contributed by atoms with E-state index in [1.54, 1.807) is 12.1 Å². The fourth-order valence-electron chi connectivity index (χ4n) is 4.07. The van der Waals surface area contributed by atoms with Gasteiger partial charge in [-0.3, -0.25) is 13.9 Å². The van der Waals surface area contributed by atoms with Gasteiger partial charge in [0.2, 0.25) is 21.8 Å². The molecule has 2 amide bonds. The molecule has 0 heterocycles. The number of aryl methyl sites for hydroxylation is 1. The van der Waals surface area contributed by atoms with E-state index in [1.165, 1.54) is 11.0 Å². The van der Waals surface area contributed by atoms with Crippen LogP contribution in [0.1, 0.15) is 30.5 Å². The van der Waals surface area contributed by atoms with E-state index in [2.05, 4.69) is 21.2 Å². The predicted octanol–water partition coefficient (Wildman–Crippen LogP) is 5.34. The summed E-state index contributed by atoms with van der Waals surface area (Å²) in [6.07, 6.45) is 1.30. The first-order valence-corrected chi connectivity index (χ1v) is 15.5. The summed E-state index contributed by atoms with van der Waals surface area (Å²) in [6.45, 7) is 5.13. The molecule has 1 unspecified atom stereocenters. The van der Waals surface area contributed by atoms with Gasteiger partial charge in [-0.15, -0.1) is 0 Å². The van der Waals surface area contributed by atoms with Gasteiger partial charge < -0.3 is 10.2 Å². The molecule has 1 atom stereocenters. The van der Waals surface area contributed by atoms with E-state index in [9.17, 15) is 18.0 Å². The van der Waals surface area contributed by atoms with Gasteiger partial charge in [0, 0.05) is 28.5 Å². The van der Waals surface area contributed by atoms with Gasteiger partial charge >= 0.3 is 0 Å². The average molecular weight is 635 g/mol. The lowest BCUT2D eigenvalue weighted by atomic mass is 10.0. The number of benzene rings is 3. The molecule has 0 aliphatic rings. The Morgan fingerprint density at radius 1 is 0.974 bits per heavy atom. The van der Waals surface area contributed by atoms with Gasteiger partial charge in [-0.2, -0.15) is 0 Å². The second kappa shape index (κ2) is 13.5. The van der Waals surface area contributed by atoms with E-state index in [4.69, 9.17) is 11.6 Å². The van der Waals surface area contributed by atoms with E-state index < -0.39 is 28.5 Å².